The van der Waals surface area contributed by atoms with Crippen LogP contribution in [0.2, 0.25) is 0 Å². The number of carbonyl (C=O) groups excluding carboxylic acids is 1. The number of aromatic nitrogens is 1. The lowest BCUT2D eigenvalue weighted by Gasteiger charge is -2.27. The molecule has 3 rings (SSSR count). The molecule has 1 aromatic carbocycles. The number of carbonyl (C=O) groups is 1. The van der Waals surface area contributed by atoms with Crippen molar-refractivity contribution in [3.05, 3.63) is 54.0 Å². The Morgan fingerprint density at radius 3 is 2.41 bits per heavy atom. The molecule has 2 aromatic rings. The molecule has 0 radical (unpaired) electrons. The summed E-state index contributed by atoms with van der Waals surface area (Å²) in [6.07, 6.45) is 5.82. The van der Waals surface area contributed by atoms with Crippen molar-refractivity contribution in [3.63, 3.8) is 0 Å². The fraction of sp³-hybridized carbons (Fsp3) is 0.478. The molecule has 1 aliphatic heterocycles. The van der Waals surface area contributed by atoms with E-state index in [1.165, 1.54) is 12.1 Å². The predicted octanol–water partition coefficient (Wildman–Crippen LogP) is 4.13. The minimum Gasteiger partial charge on any atom is -0.357 e. The van der Waals surface area contributed by atoms with Gasteiger partial charge in [-0.05, 0) is 68.1 Å². The molecule has 29 heavy (non-hydrogen) atoms. The first kappa shape index (κ1) is 21.2. The lowest BCUT2D eigenvalue weighted by atomic mass is 10.1. The van der Waals surface area contributed by atoms with E-state index in [1.54, 1.807) is 17.0 Å². The Bertz CT molecular complexity index is 766. The molecule has 1 amide bonds. The van der Waals surface area contributed by atoms with Crippen molar-refractivity contribution in [2.24, 2.45) is 0 Å². The number of hydrogen-bond acceptors (Lipinski definition) is 4. The Hall–Kier alpha value is -2.47. The standard InChI is InChI=1S/C23H31FN4O/c1-3-14-27(15-4-2)22-12-7-18(16-26-22)17-28(20-10-8-19(24)9-11-20)23(29)21-6-5-13-25-21/h7-12,16,21,25H,3-6,13-15,17H2,1-2H3. The Balaban J connectivity index is 1.79. The van der Waals surface area contributed by atoms with Crippen molar-refractivity contribution < 1.29 is 9.18 Å². The van der Waals surface area contributed by atoms with Crippen LogP contribution >= 0.6 is 0 Å². The molecule has 1 aromatic heterocycles. The zero-order chi connectivity index (χ0) is 20.6. The minimum atomic E-state index is -0.307. The van der Waals surface area contributed by atoms with Gasteiger partial charge in [-0.2, -0.15) is 0 Å². The molecule has 0 saturated carbocycles. The Morgan fingerprint density at radius 2 is 1.86 bits per heavy atom. The van der Waals surface area contributed by atoms with Crippen molar-refractivity contribution in [2.75, 3.05) is 29.4 Å². The van der Waals surface area contributed by atoms with Gasteiger partial charge in [-0.25, -0.2) is 9.37 Å². The summed E-state index contributed by atoms with van der Waals surface area (Å²) < 4.78 is 13.4. The number of pyridine rings is 1. The van der Waals surface area contributed by atoms with Crippen molar-refractivity contribution in [1.29, 1.82) is 0 Å². The van der Waals surface area contributed by atoms with Crippen LogP contribution in [-0.2, 0) is 11.3 Å². The summed E-state index contributed by atoms with van der Waals surface area (Å²) in [5, 5.41) is 3.27. The summed E-state index contributed by atoms with van der Waals surface area (Å²) in [7, 11) is 0. The Morgan fingerprint density at radius 1 is 1.14 bits per heavy atom. The summed E-state index contributed by atoms with van der Waals surface area (Å²) in [5.41, 5.74) is 1.66. The maximum Gasteiger partial charge on any atom is 0.244 e. The van der Waals surface area contributed by atoms with Crippen LogP contribution in [0.5, 0.6) is 0 Å². The van der Waals surface area contributed by atoms with E-state index in [1.807, 2.05) is 18.3 Å². The zero-order valence-corrected chi connectivity index (χ0v) is 17.4. The Kier molecular flexibility index (Phi) is 7.58. The summed E-state index contributed by atoms with van der Waals surface area (Å²) in [6.45, 7) is 7.56. The molecule has 0 bridgehead atoms. The smallest absolute Gasteiger partial charge is 0.244 e. The van der Waals surface area contributed by atoms with E-state index >= 15 is 0 Å². The quantitative estimate of drug-likeness (QED) is 0.690. The van der Waals surface area contributed by atoms with Crippen molar-refractivity contribution in [1.82, 2.24) is 10.3 Å². The molecule has 6 heteroatoms. The number of amides is 1. The molecule has 1 saturated heterocycles. The lowest BCUT2D eigenvalue weighted by Crippen LogP contribution is -2.43. The molecule has 1 atom stereocenters. The third-order valence-electron chi connectivity index (χ3n) is 5.22. The van der Waals surface area contributed by atoms with Gasteiger partial charge in [0, 0.05) is 25.0 Å². The average molecular weight is 399 g/mol. The third kappa shape index (κ3) is 5.54. The number of nitrogens with one attached hydrogen (secondary N) is 1. The summed E-state index contributed by atoms with van der Waals surface area (Å²) in [5.74, 6) is 0.685. The third-order valence-corrected chi connectivity index (χ3v) is 5.22. The first-order chi connectivity index (χ1) is 14.1. The average Bonchev–Trinajstić information content (AvgIpc) is 3.28. The van der Waals surface area contributed by atoms with Crippen LogP contribution in [0.4, 0.5) is 15.9 Å². The zero-order valence-electron chi connectivity index (χ0n) is 17.4. The predicted molar refractivity (Wildman–Crippen MR) is 116 cm³/mol. The van der Waals surface area contributed by atoms with E-state index in [4.69, 9.17) is 0 Å². The van der Waals surface area contributed by atoms with E-state index in [2.05, 4.69) is 29.0 Å². The molecule has 0 aliphatic carbocycles. The maximum absolute atomic E-state index is 13.4. The molecule has 1 aliphatic rings. The summed E-state index contributed by atoms with van der Waals surface area (Å²) in [4.78, 5) is 21.8. The number of rotatable bonds is 9. The van der Waals surface area contributed by atoms with Crippen LogP contribution in [0.15, 0.2) is 42.6 Å². The van der Waals surface area contributed by atoms with Crippen LogP contribution in [-0.4, -0.2) is 36.6 Å². The molecule has 1 fully saturated rings. The SMILES string of the molecule is CCCN(CCC)c1ccc(CN(C(=O)C2CCCN2)c2ccc(F)cc2)cn1. The van der Waals surface area contributed by atoms with Gasteiger partial charge < -0.3 is 15.1 Å². The molecule has 5 nitrogen and oxygen atoms in total. The van der Waals surface area contributed by atoms with Gasteiger partial charge in [-0.3, -0.25) is 4.79 Å². The first-order valence-corrected chi connectivity index (χ1v) is 10.6. The number of halogens is 1. The van der Waals surface area contributed by atoms with Gasteiger partial charge in [0.2, 0.25) is 5.91 Å². The van der Waals surface area contributed by atoms with Crippen molar-refractivity contribution in [2.45, 2.75) is 52.1 Å². The van der Waals surface area contributed by atoms with Gasteiger partial charge in [0.15, 0.2) is 0 Å². The highest BCUT2D eigenvalue weighted by Gasteiger charge is 2.28. The second-order valence-corrected chi connectivity index (χ2v) is 7.56. The van der Waals surface area contributed by atoms with Gasteiger partial charge in [0.1, 0.15) is 11.6 Å². The monoisotopic (exact) mass is 398 g/mol. The molecule has 1 N–H and O–H groups in total. The van der Waals surface area contributed by atoms with Gasteiger partial charge in [-0.1, -0.05) is 19.9 Å². The van der Waals surface area contributed by atoms with Crippen molar-refractivity contribution >= 4 is 17.4 Å². The highest BCUT2D eigenvalue weighted by molar-refractivity contribution is 5.97. The number of nitrogens with zero attached hydrogens (tertiary/aromatic N) is 3. The fourth-order valence-electron chi connectivity index (χ4n) is 3.76. The summed E-state index contributed by atoms with van der Waals surface area (Å²) in [6, 6.07) is 9.99. The highest BCUT2D eigenvalue weighted by Crippen LogP contribution is 2.22. The largest absolute Gasteiger partial charge is 0.357 e. The van der Waals surface area contributed by atoms with E-state index in [0.717, 1.165) is 56.7 Å². The molecule has 2 heterocycles. The molecular weight excluding hydrogens is 367 g/mol. The van der Waals surface area contributed by atoms with Crippen LogP contribution < -0.4 is 15.1 Å². The second kappa shape index (κ2) is 10.3. The maximum atomic E-state index is 13.4. The van der Waals surface area contributed by atoms with Gasteiger partial charge in [0.05, 0.1) is 12.6 Å². The van der Waals surface area contributed by atoms with Crippen molar-refractivity contribution in [3.8, 4) is 0 Å². The Labute approximate surface area is 172 Å². The minimum absolute atomic E-state index is 0.0248. The molecule has 1 unspecified atom stereocenters. The highest BCUT2D eigenvalue weighted by atomic mass is 19.1. The second-order valence-electron chi connectivity index (χ2n) is 7.56. The fourth-order valence-corrected chi connectivity index (χ4v) is 3.76. The van der Waals surface area contributed by atoms with E-state index in [0.29, 0.717) is 12.2 Å². The molecule has 0 spiro atoms. The van der Waals surface area contributed by atoms with Crippen LogP contribution in [0.3, 0.4) is 0 Å². The van der Waals surface area contributed by atoms with E-state index < -0.39 is 0 Å². The van der Waals surface area contributed by atoms with Crippen LogP contribution in [0, 0.1) is 5.82 Å². The normalized spacial score (nSPS) is 16.0. The molecule has 156 valence electrons. The van der Waals surface area contributed by atoms with Gasteiger partial charge in [-0.15, -0.1) is 0 Å². The number of hydrogen-bond donors (Lipinski definition) is 1. The first-order valence-electron chi connectivity index (χ1n) is 10.6. The summed E-state index contributed by atoms with van der Waals surface area (Å²) >= 11 is 0. The van der Waals surface area contributed by atoms with Crippen LogP contribution in [0.1, 0.15) is 45.1 Å². The lowest BCUT2D eigenvalue weighted by molar-refractivity contribution is -0.120. The molecular formula is C23H31FN4O. The topological polar surface area (TPSA) is 48.5 Å². The van der Waals surface area contributed by atoms with E-state index in [9.17, 15) is 9.18 Å². The van der Waals surface area contributed by atoms with Crippen LogP contribution in [0.25, 0.3) is 0 Å². The van der Waals surface area contributed by atoms with Gasteiger partial charge >= 0.3 is 0 Å². The number of anilines is 2. The van der Waals surface area contributed by atoms with E-state index in [-0.39, 0.29) is 17.8 Å². The van der Waals surface area contributed by atoms with Gasteiger partial charge in [0.25, 0.3) is 0 Å². The number of benzene rings is 1.